The van der Waals surface area contributed by atoms with Gasteiger partial charge in [0.15, 0.2) is 5.65 Å². The van der Waals surface area contributed by atoms with Gasteiger partial charge in [-0.15, -0.1) is 0 Å². The van der Waals surface area contributed by atoms with Crippen molar-refractivity contribution in [1.29, 1.82) is 0 Å². The third-order valence-corrected chi connectivity index (χ3v) is 6.65. The van der Waals surface area contributed by atoms with Crippen molar-refractivity contribution >= 4 is 61.7 Å². The van der Waals surface area contributed by atoms with Crippen molar-refractivity contribution in [3.63, 3.8) is 0 Å². The number of hydrogen-bond donors (Lipinski definition) is 2. The molecule has 0 unspecified atom stereocenters. The van der Waals surface area contributed by atoms with E-state index in [2.05, 4.69) is 15.3 Å². The second-order valence-electron chi connectivity index (χ2n) is 6.69. The number of carbonyl (C=O) groups excluding carboxylic acids is 1. The van der Waals surface area contributed by atoms with Gasteiger partial charge in [-0.3, -0.25) is 4.79 Å². The number of fused-ring (bicyclic) bond motifs is 1. The van der Waals surface area contributed by atoms with Crippen molar-refractivity contribution in [1.82, 2.24) is 13.9 Å². The van der Waals surface area contributed by atoms with E-state index in [1.807, 2.05) is 6.92 Å². The number of carbonyl (C=O) groups is 1. The van der Waals surface area contributed by atoms with Gasteiger partial charge in [-0.05, 0) is 54.9 Å². The first kappa shape index (κ1) is 21.1. The van der Waals surface area contributed by atoms with Crippen LogP contribution in [0.15, 0.2) is 59.6 Å². The molecule has 0 fully saturated rings. The van der Waals surface area contributed by atoms with Crippen LogP contribution in [0.4, 0.5) is 11.5 Å². The van der Waals surface area contributed by atoms with Crippen LogP contribution in [0.2, 0.25) is 10.3 Å². The van der Waals surface area contributed by atoms with E-state index in [0.29, 0.717) is 16.1 Å². The lowest BCUT2D eigenvalue weighted by Crippen LogP contribution is -2.14. The smallest absolute Gasteiger partial charge is 0.269 e. The second-order valence-corrected chi connectivity index (χ2v) is 9.28. The zero-order valence-corrected chi connectivity index (χ0v) is 18.3. The van der Waals surface area contributed by atoms with Gasteiger partial charge < -0.3 is 11.1 Å². The van der Waals surface area contributed by atoms with E-state index in [9.17, 15) is 13.2 Å². The van der Waals surface area contributed by atoms with Crippen LogP contribution in [0.3, 0.4) is 0 Å². The third-order valence-electron chi connectivity index (χ3n) is 4.56. The SMILES string of the molecule is Cc1ccc(S(=O)(=O)n2ccc3c(Nc4ccc(Cl)cc4C(N)=O)nc(Cl)nc32)cc1. The van der Waals surface area contributed by atoms with E-state index < -0.39 is 15.9 Å². The molecular formula is C20H15Cl2N5O3S. The lowest BCUT2D eigenvalue weighted by atomic mass is 10.1. The molecule has 0 radical (unpaired) electrons. The van der Waals surface area contributed by atoms with Gasteiger partial charge in [0.2, 0.25) is 5.28 Å². The number of nitrogens with one attached hydrogen (secondary N) is 1. The normalized spacial score (nSPS) is 11.6. The Hall–Kier alpha value is -3.14. The molecule has 0 aliphatic heterocycles. The van der Waals surface area contributed by atoms with Gasteiger partial charge >= 0.3 is 0 Å². The topological polar surface area (TPSA) is 120 Å². The van der Waals surface area contributed by atoms with E-state index in [0.717, 1.165) is 9.54 Å². The standard InChI is InChI=1S/C20H15Cl2N5O3S/c1-11-2-5-13(6-3-11)31(29,30)27-9-8-14-18(25-20(22)26-19(14)27)24-16-7-4-12(21)10-15(16)17(23)28/h2-10H,1H3,(H2,23,28)(H,24,25,26). The average Bonchev–Trinajstić information content (AvgIpc) is 3.14. The molecule has 0 saturated carbocycles. The van der Waals surface area contributed by atoms with Gasteiger partial charge in [0.05, 0.1) is 21.5 Å². The number of benzene rings is 2. The third kappa shape index (κ3) is 3.95. The molecule has 4 aromatic rings. The van der Waals surface area contributed by atoms with Gasteiger partial charge in [0.1, 0.15) is 5.82 Å². The minimum atomic E-state index is -3.92. The molecule has 2 aromatic carbocycles. The van der Waals surface area contributed by atoms with Gasteiger partial charge in [0.25, 0.3) is 15.9 Å². The first-order valence-corrected chi connectivity index (χ1v) is 11.1. The van der Waals surface area contributed by atoms with Crippen LogP contribution in [0.1, 0.15) is 15.9 Å². The Kier molecular flexibility index (Phi) is 5.34. The van der Waals surface area contributed by atoms with Crippen LogP contribution >= 0.6 is 23.2 Å². The number of nitrogens with zero attached hydrogens (tertiary/aromatic N) is 3. The highest BCUT2D eigenvalue weighted by molar-refractivity contribution is 7.90. The van der Waals surface area contributed by atoms with Crippen LogP contribution in [0, 0.1) is 6.92 Å². The largest absolute Gasteiger partial charge is 0.366 e. The second kappa shape index (κ2) is 7.84. The Morgan fingerprint density at radius 2 is 1.77 bits per heavy atom. The van der Waals surface area contributed by atoms with Gasteiger partial charge in [-0.25, -0.2) is 12.4 Å². The summed E-state index contributed by atoms with van der Waals surface area (Å²) in [6.45, 7) is 1.86. The van der Waals surface area contributed by atoms with Gasteiger partial charge in [-0.1, -0.05) is 29.3 Å². The molecule has 0 atom stereocenters. The van der Waals surface area contributed by atoms with E-state index in [-0.39, 0.29) is 27.2 Å². The molecule has 31 heavy (non-hydrogen) atoms. The fourth-order valence-corrected chi connectivity index (χ4v) is 4.67. The highest BCUT2D eigenvalue weighted by atomic mass is 35.5. The monoisotopic (exact) mass is 475 g/mol. The molecule has 11 heteroatoms. The van der Waals surface area contributed by atoms with Crippen LogP contribution in [0.5, 0.6) is 0 Å². The Balaban J connectivity index is 1.85. The summed E-state index contributed by atoms with van der Waals surface area (Å²) >= 11 is 12.0. The lowest BCUT2D eigenvalue weighted by Gasteiger charge is -2.12. The predicted octanol–water partition coefficient (Wildman–Crippen LogP) is 4.13. The minimum Gasteiger partial charge on any atom is -0.366 e. The van der Waals surface area contributed by atoms with Crippen molar-refractivity contribution in [3.8, 4) is 0 Å². The summed E-state index contributed by atoms with van der Waals surface area (Å²) in [7, 11) is -3.92. The summed E-state index contributed by atoms with van der Waals surface area (Å²) in [5, 5.41) is 3.51. The van der Waals surface area contributed by atoms with Crippen molar-refractivity contribution in [3.05, 3.63) is 76.2 Å². The molecule has 0 spiro atoms. The number of primary amides is 1. The number of nitrogens with two attached hydrogens (primary N) is 1. The maximum Gasteiger partial charge on any atom is 0.269 e. The summed E-state index contributed by atoms with van der Waals surface area (Å²) in [6, 6.07) is 12.5. The average molecular weight is 476 g/mol. The predicted molar refractivity (Wildman–Crippen MR) is 120 cm³/mol. The number of aryl methyl sites for hydroxylation is 1. The number of hydrogen-bond acceptors (Lipinski definition) is 6. The van der Waals surface area contributed by atoms with Crippen LogP contribution in [-0.4, -0.2) is 28.3 Å². The molecule has 3 N–H and O–H groups in total. The number of anilines is 2. The number of halogens is 2. The van der Waals surface area contributed by atoms with E-state index in [1.165, 1.54) is 24.4 Å². The Labute approximate surface area is 187 Å². The molecule has 0 aliphatic carbocycles. The lowest BCUT2D eigenvalue weighted by molar-refractivity contribution is 0.100. The fraction of sp³-hybridized carbons (Fsp3) is 0.0500. The first-order chi connectivity index (χ1) is 14.7. The van der Waals surface area contributed by atoms with E-state index in [4.69, 9.17) is 28.9 Å². The maximum absolute atomic E-state index is 13.1. The fourth-order valence-electron chi connectivity index (χ4n) is 3.04. The van der Waals surface area contributed by atoms with Crippen LogP contribution in [-0.2, 0) is 10.0 Å². The highest BCUT2D eigenvalue weighted by Gasteiger charge is 2.22. The molecule has 2 heterocycles. The number of aromatic nitrogens is 3. The zero-order chi connectivity index (χ0) is 22.3. The van der Waals surface area contributed by atoms with Crippen molar-refractivity contribution in [2.45, 2.75) is 11.8 Å². The summed E-state index contributed by atoms with van der Waals surface area (Å²) in [6.07, 6.45) is 1.37. The molecule has 4 rings (SSSR count). The Morgan fingerprint density at radius 3 is 2.45 bits per heavy atom. The molecule has 1 amide bonds. The summed E-state index contributed by atoms with van der Waals surface area (Å²) in [5.74, 6) is -0.487. The molecular weight excluding hydrogens is 461 g/mol. The summed E-state index contributed by atoms with van der Waals surface area (Å²) in [5.41, 5.74) is 6.93. The van der Waals surface area contributed by atoms with Gasteiger partial charge in [-0.2, -0.15) is 9.97 Å². The molecule has 158 valence electrons. The Morgan fingerprint density at radius 1 is 1.06 bits per heavy atom. The molecule has 2 aromatic heterocycles. The quantitative estimate of drug-likeness (QED) is 0.418. The minimum absolute atomic E-state index is 0.0812. The highest BCUT2D eigenvalue weighted by Crippen LogP contribution is 2.30. The zero-order valence-electron chi connectivity index (χ0n) is 16.0. The van der Waals surface area contributed by atoms with Crippen LogP contribution < -0.4 is 11.1 Å². The van der Waals surface area contributed by atoms with Crippen LogP contribution in [0.25, 0.3) is 11.0 Å². The Bertz CT molecular complexity index is 1430. The van der Waals surface area contributed by atoms with Crippen molar-refractivity contribution in [2.24, 2.45) is 5.73 Å². The molecule has 0 aliphatic rings. The maximum atomic E-state index is 13.1. The summed E-state index contributed by atoms with van der Waals surface area (Å²) in [4.78, 5) is 20.2. The number of rotatable bonds is 5. The van der Waals surface area contributed by atoms with Gasteiger partial charge in [0, 0.05) is 11.2 Å². The summed E-state index contributed by atoms with van der Waals surface area (Å²) < 4.78 is 27.3. The van der Waals surface area contributed by atoms with Crippen molar-refractivity contribution in [2.75, 3.05) is 5.32 Å². The molecule has 0 bridgehead atoms. The molecule has 8 nitrogen and oxygen atoms in total. The molecule has 0 saturated heterocycles. The first-order valence-electron chi connectivity index (χ1n) is 8.90. The van der Waals surface area contributed by atoms with E-state index >= 15 is 0 Å². The number of amides is 1. The van der Waals surface area contributed by atoms with Crippen molar-refractivity contribution < 1.29 is 13.2 Å². The van der Waals surface area contributed by atoms with E-state index in [1.54, 1.807) is 30.3 Å².